The lowest BCUT2D eigenvalue weighted by Crippen LogP contribution is -2.28. The molecular formula is C13H21N5O2S. The zero-order valence-electron chi connectivity index (χ0n) is 12.8. The highest BCUT2D eigenvalue weighted by Crippen LogP contribution is 2.15. The second-order valence-electron chi connectivity index (χ2n) is 5.19. The van der Waals surface area contributed by atoms with Crippen molar-refractivity contribution in [2.24, 2.45) is 7.05 Å². The molecule has 21 heavy (non-hydrogen) atoms. The standard InChI is InChI=1S/C13H21N5O2S/c1-10-13(11(2)16-15-10)6-5-7-18(4)21(19,20)12-8-14-17(3)9-12/h8-9H,5-7H2,1-4H3,(H,15,16). The van der Waals surface area contributed by atoms with E-state index in [1.807, 2.05) is 13.8 Å². The van der Waals surface area contributed by atoms with Gasteiger partial charge in [0.1, 0.15) is 4.90 Å². The maximum atomic E-state index is 12.3. The molecule has 0 aliphatic carbocycles. The van der Waals surface area contributed by atoms with Gasteiger partial charge in [0.25, 0.3) is 0 Å². The number of hydrogen-bond acceptors (Lipinski definition) is 4. The minimum absolute atomic E-state index is 0.225. The van der Waals surface area contributed by atoms with Crippen LogP contribution >= 0.6 is 0 Å². The van der Waals surface area contributed by atoms with E-state index in [-0.39, 0.29) is 4.90 Å². The molecule has 0 unspecified atom stereocenters. The lowest BCUT2D eigenvalue weighted by atomic mass is 10.1. The van der Waals surface area contributed by atoms with Gasteiger partial charge in [-0.25, -0.2) is 12.7 Å². The Labute approximate surface area is 125 Å². The van der Waals surface area contributed by atoms with E-state index in [1.165, 1.54) is 26.9 Å². The molecule has 0 amide bonds. The second kappa shape index (κ2) is 5.98. The summed E-state index contributed by atoms with van der Waals surface area (Å²) in [7, 11) is -0.160. The van der Waals surface area contributed by atoms with Gasteiger partial charge in [-0.2, -0.15) is 10.2 Å². The molecular weight excluding hydrogens is 290 g/mol. The van der Waals surface area contributed by atoms with E-state index in [4.69, 9.17) is 0 Å². The largest absolute Gasteiger partial charge is 0.282 e. The average Bonchev–Trinajstić information content (AvgIpc) is 2.99. The molecule has 2 aromatic rings. The van der Waals surface area contributed by atoms with Crippen molar-refractivity contribution in [1.82, 2.24) is 24.3 Å². The van der Waals surface area contributed by atoms with Gasteiger partial charge in [-0.15, -0.1) is 0 Å². The summed E-state index contributed by atoms with van der Waals surface area (Å²) in [5.74, 6) is 0. The molecule has 2 heterocycles. The van der Waals surface area contributed by atoms with Crippen LogP contribution in [-0.2, 0) is 23.5 Å². The summed E-state index contributed by atoms with van der Waals surface area (Å²) < 4.78 is 27.5. The van der Waals surface area contributed by atoms with Gasteiger partial charge >= 0.3 is 0 Å². The van der Waals surface area contributed by atoms with Crippen molar-refractivity contribution in [3.63, 3.8) is 0 Å². The van der Waals surface area contributed by atoms with Gasteiger partial charge in [-0.05, 0) is 32.3 Å². The maximum absolute atomic E-state index is 12.3. The first-order valence-electron chi connectivity index (χ1n) is 6.78. The Bertz CT molecular complexity index is 697. The Morgan fingerprint density at radius 3 is 2.62 bits per heavy atom. The molecule has 2 aromatic heterocycles. The summed E-state index contributed by atoms with van der Waals surface area (Å²) in [4.78, 5) is 0.225. The van der Waals surface area contributed by atoms with Crippen LogP contribution in [-0.4, -0.2) is 46.3 Å². The Morgan fingerprint density at radius 2 is 2.10 bits per heavy atom. The van der Waals surface area contributed by atoms with E-state index in [0.29, 0.717) is 6.54 Å². The summed E-state index contributed by atoms with van der Waals surface area (Å²) in [5.41, 5.74) is 3.19. The minimum atomic E-state index is -3.45. The van der Waals surface area contributed by atoms with Gasteiger partial charge in [0.2, 0.25) is 10.0 Å². The molecule has 8 heteroatoms. The Balaban J connectivity index is 1.97. The van der Waals surface area contributed by atoms with E-state index in [9.17, 15) is 8.42 Å². The van der Waals surface area contributed by atoms with Crippen molar-refractivity contribution in [3.8, 4) is 0 Å². The molecule has 0 saturated heterocycles. The molecule has 7 nitrogen and oxygen atoms in total. The van der Waals surface area contributed by atoms with E-state index in [2.05, 4.69) is 15.3 Å². The zero-order chi connectivity index (χ0) is 15.6. The molecule has 0 atom stereocenters. The van der Waals surface area contributed by atoms with Crippen molar-refractivity contribution < 1.29 is 8.42 Å². The van der Waals surface area contributed by atoms with Gasteiger partial charge in [0.15, 0.2) is 0 Å². The lowest BCUT2D eigenvalue weighted by molar-refractivity contribution is 0.461. The quantitative estimate of drug-likeness (QED) is 0.863. The van der Waals surface area contributed by atoms with Crippen molar-refractivity contribution in [2.45, 2.75) is 31.6 Å². The zero-order valence-corrected chi connectivity index (χ0v) is 13.6. The number of aromatic nitrogens is 4. The molecule has 1 N–H and O–H groups in total. The number of sulfonamides is 1. The maximum Gasteiger partial charge on any atom is 0.245 e. The molecule has 116 valence electrons. The Kier molecular flexibility index (Phi) is 4.48. The fraction of sp³-hybridized carbons (Fsp3) is 0.538. The summed E-state index contributed by atoms with van der Waals surface area (Å²) in [6, 6.07) is 0. The van der Waals surface area contributed by atoms with Crippen molar-refractivity contribution >= 4 is 10.0 Å². The van der Waals surface area contributed by atoms with Gasteiger partial charge in [-0.3, -0.25) is 9.78 Å². The molecule has 0 bridgehead atoms. The number of aryl methyl sites for hydroxylation is 3. The third kappa shape index (κ3) is 3.33. The molecule has 0 aliphatic heterocycles. The SMILES string of the molecule is Cc1n[nH]c(C)c1CCCN(C)S(=O)(=O)c1cnn(C)c1. The van der Waals surface area contributed by atoms with E-state index < -0.39 is 10.0 Å². The fourth-order valence-electron chi connectivity index (χ4n) is 2.25. The van der Waals surface area contributed by atoms with Gasteiger partial charge in [0, 0.05) is 32.5 Å². The van der Waals surface area contributed by atoms with Crippen LogP contribution in [0.1, 0.15) is 23.4 Å². The third-order valence-corrected chi connectivity index (χ3v) is 5.38. The number of nitrogens with zero attached hydrogens (tertiary/aromatic N) is 4. The lowest BCUT2D eigenvalue weighted by Gasteiger charge is -2.15. The third-order valence-electron chi connectivity index (χ3n) is 3.57. The number of hydrogen-bond donors (Lipinski definition) is 1. The summed E-state index contributed by atoms with van der Waals surface area (Å²) in [6.07, 6.45) is 4.44. The number of H-pyrrole nitrogens is 1. The molecule has 0 aromatic carbocycles. The Morgan fingerprint density at radius 1 is 1.38 bits per heavy atom. The average molecular weight is 311 g/mol. The van der Waals surface area contributed by atoms with Crippen molar-refractivity contribution in [2.75, 3.05) is 13.6 Å². The highest BCUT2D eigenvalue weighted by atomic mass is 32.2. The molecule has 0 spiro atoms. The van der Waals surface area contributed by atoms with E-state index >= 15 is 0 Å². The van der Waals surface area contributed by atoms with Gasteiger partial charge in [-0.1, -0.05) is 0 Å². The first-order chi connectivity index (χ1) is 9.82. The van der Waals surface area contributed by atoms with Gasteiger partial charge in [0.05, 0.1) is 11.9 Å². The van der Waals surface area contributed by atoms with Crippen LogP contribution < -0.4 is 0 Å². The van der Waals surface area contributed by atoms with Crippen LogP contribution in [0.5, 0.6) is 0 Å². The molecule has 0 fully saturated rings. The van der Waals surface area contributed by atoms with Gasteiger partial charge < -0.3 is 0 Å². The highest BCUT2D eigenvalue weighted by molar-refractivity contribution is 7.89. The van der Waals surface area contributed by atoms with Crippen LogP contribution in [0, 0.1) is 13.8 Å². The van der Waals surface area contributed by atoms with Crippen molar-refractivity contribution in [1.29, 1.82) is 0 Å². The van der Waals surface area contributed by atoms with Crippen LogP contribution in [0.15, 0.2) is 17.3 Å². The summed E-state index contributed by atoms with van der Waals surface area (Å²) in [5, 5.41) is 11.0. The molecule has 0 saturated carbocycles. The predicted molar refractivity (Wildman–Crippen MR) is 79.4 cm³/mol. The first-order valence-corrected chi connectivity index (χ1v) is 8.22. The van der Waals surface area contributed by atoms with E-state index in [1.54, 1.807) is 14.1 Å². The summed E-state index contributed by atoms with van der Waals surface area (Å²) in [6.45, 7) is 4.39. The van der Waals surface area contributed by atoms with Crippen LogP contribution in [0.4, 0.5) is 0 Å². The fourth-order valence-corrected chi connectivity index (χ4v) is 3.45. The van der Waals surface area contributed by atoms with Crippen LogP contribution in [0.2, 0.25) is 0 Å². The summed E-state index contributed by atoms with van der Waals surface area (Å²) >= 11 is 0. The highest BCUT2D eigenvalue weighted by Gasteiger charge is 2.22. The van der Waals surface area contributed by atoms with Crippen LogP contribution in [0.25, 0.3) is 0 Å². The smallest absolute Gasteiger partial charge is 0.245 e. The molecule has 0 aliphatic rings. The monoisotopic (exact) mass is 311 g/mol. The molecule has 2 rings (SSSR count). The van der Waals surface area contributed by atoms with E-state index in [0.717, 1.165) is 24.2 Å². The number of nitrogens with one attached hydrogen (secondary N) is 1. The number of rotatable bonds is 6. The predicted octanol–water partition coefficient (Wildman–Crippen LogP) is 1.01. The molecule has 0 radical (unpaired) electrons. The second-order valence-corrected chi connectivity index (χ2v) is 7.24. The van der Waals surface area contributed by atoms with Crippen LogP contribution in [0.3, 0.4) is 0 Å². The normalized spacial score (nSPS) is 12.2. The number of aromatic amines is 1. The minimum Gasteiger partial charge on any atom is -0.282 e. The Hall–Kier alpha value is -1.67. The topological polar surface area (TPSA) is 83.9 Å². The van der Waals surface area contributed by atoms with Crippen molar-refractivity contribution in [3.05, 3.63) is 29.3 Å². The first kappa shape index (κ1) is 15.7.